The van der Waals surface area contributed by atoms with Crippen LogP contribution in [0.5, 0.6) is 5.75 Å². The van der Waals surface area contributed by atoms with Gasteiger partial charge in [0.2, 0.25) is 0 Å². The third kappa shape index (κ3) is 3.70. The Morgan fingerprint density at radius 2 is 1.71 bits per heavy atom. The molecule has 0 fully saturated rings. The summed E-state index contributed by atoms with van der Waals surface area (Å²) in [6.45, 7) is 0.264. The van der Waals surface area contributed by atoms with Crippen molar-refractivity contribution in [2.75, 3.05) is 37.1 Å². The Bertz CT molecular complexity index is 715. The molecule has 126 valence electrons. The van der Waals surface area contributed by atoms with E-state index in [1.807, 2.05) is 51.5 Å². The van der Waals surface area contributed by atoms with Crippen LogP contribution in [0, 0.1) is 11.3 Å². The molecule has 0 aromatic heterocycles. The third-order valence-electron chi connectivity index (χ3n) is 3.77. The zero-order chi connectivity index (χ0) is 17.5. The molecule has 6 nitrogen and oxygen atoms in total. The normalized spacial score (nSPS) is 11.3. The highest BCUT2D eigenvalue weighted by Crippen LogP contribution is 2.35. The maximum atomic E-state index is 9.80. The SMILES string of the molecule is CNc1cc(OCc2ccccc2[C@@H](O)C#N)cc(NC)c1NC. The van der Waals surface area contributed by atoms with Crippen molar-refractivity contribution < 1.29 is 9.84 Å². The van der Waals surface area contributed by atoms with Crippen molar-refractivity contribution in [2.24, 2.45) is 0 Å². The molecule has 0 amide bonds. The minimum Gasteiger partial charge on any atom is -0.489 e. The van der Waals surface area contributed by atoms with E-state index in [2.05, 4.69) is 16.0 Å². The van der Waals surface area contributed by atoms with E-state index < -0.39 is 6.10 Å². The van der Waals surface area contributed by atoms with Gasteiger partial charge in [-0.05, 0) is 5.56 Å². The summed E-state index contributed by atoms with van der Waals surface area (Å²) in [5.74, 6) is 0.684. The molecule has 0 aliphatic heterocycles. The molecule has 0 radical (unpaired) electrons. The van der Waals surface area contributed by atoms with Gasteiger partial charge in [0.15, 0.2) is 6.10 Å². The van der Waals surface area contributed by atoms with Crippen LogP contribution in [-0.4, -0.2) is 26.2 Å². The molecule has 24 heavy (non-hydrogen) atoms. The second-order valence-electron chi connectivity index (χ2n) is 5.16. The highest BCUT2D eigenvalue weighted by Gasteiger charge is 2.13. The van der Waals surface area contributed by atoms with E-state index in [4.69, 9.17) is 10.00 Å². The van der Waals surface area contributed by atoms with Gasteiger partial charge in [0.05, 0.1) is 23.1 Å². The minimum atomic E-state index is -1.16. The highest BCUT2D eigenvalue weighted by molar-refractivity contribution is 5.84. The second kappa shape index (κ2) is 8.09. The summed E-state index contributed by atoms with van der Waals surface area (Å²) in [4.78, 5) is 0. The van der Waals surface area contributed by atoms with Crippen LogP contribution in [0.1, 0.15) is 17.2 Å². The van der Waals surface area contributed by atoms with Crippen LogP contribution in [0.4, 0.5) is 17.1 Å². The Labute approximate surface area is 142 Å². The molecule has 0 aliphatic carbocycles. The van der Waals surface area contributed by atoms with Gasteiger partial charge in [-0.2, -0.15) is 5.26 Å². The number of aliphatic hydroxyl groups excluding tert-OH is 1. The molecule has 1 atom stereocenters. The van der Waals surface area contributed by atoms with Gasteiger partial charge < -0.3 is 25.8 Å². The first kappa shape index (κ1) is 17.4. The summed E-state index contributed by atoms with van der Waals surface area (Å²) in [7, 11) is 5.55. The maximum absolute atomic E-state index is 9.80. The fourth-order valence-electron chi connectivity index (χ4n) is 2.53. The third-order valence-corrected chi connectivity index (χ3v) is 3.77. The van der Waals surface area contributed by atoms with E-state index >= 15 is 0 Å². The number of anilines is 3. The average molecular weight is 326 g/mol. The minimum absolute atomic E-state index is 0.264. The van der Waals surface area contributed by atoms with Gasteiger partial charge in [-0.15, -0.1) is 0 Å². The lowest BCUT2D eigenvalue weighted by Crippen LogP contribution is -2.05. The molecule has 0 aliphatic rings. The van der Waals surface area contributed by atoms with Crippen LogP contribution in [-0.2, 0) is 6.61 Å². The predicted molar refractivity (Wildman–Crippen MR) is 96.4 cm³/mol. The quantitative estimate of drug-likeness (QED) is 0.585. The highest BCUT2D eigenvalue weighted by atomic mass is 16.5. The van der Waals surface area contributed by atoms with Gasteiger partial charge in [0.25, 0.3) is 0 Å². The number of nitriles is 1. The van der Waals surface area contributed by atoms with Gasteiger partial charge in [-0.3, -0.25) is 0 Å². The van der Waals surface area contributed by atoms with E-state index in [0.717, 1.165) is 22.6 Å². The van der Waals surface area contributed by atoms with E-state index in [1.54, 1.807) is 12.1 Å². The predicted octanol–water partition coefficient (Wildman–Crippen LogP) is 2.95. The summed E-state index contributed by atoms with van der Waals surface area (Å²) >= 11 is 0. The van der Waals surface area contributed by atoms with Crippen LogP contribution in [0.15, 0.2) is 36.4 Å². The lowest BCUT2D eigenvalue weighted by molar-refractivity contribution is 0.229. The summed E-state index contributed by atoms with van der Waals surface area (Å²) in [6.07, 6.45) is -1.16. The Morgan fingerprint density at radius 3 is 2.25 bits per heavy atom. The Kier molecular flexibility index (Phi) is 5.88. The number of hydrogen-bond donors (Lipinski definition) is 4. The van der Waals surface area contributed by atoms with Crippen molar-refractivity contribution in [2.45, 2.75) is 12.7 Å². The maximum Gasteiger partial charge on any atom is 0.166 e. The molecule has 0 spiro atoms. The Hall–Kier alpha value is -2.91. The Morgan fingerprint density at radius 1 is 1.08 bits per heavy atom. The number of aliphatic hydroxyl groups is 1. The molecule has 0 unspecified atom stereocenters. The number of nitrogens with zero attached hydrogens (tertiary/aromatic N) is 1. The van der Waals surface area contributed by atoms with Gasteiger partial charge in [-0.1, -0.05) is 24.3 Å². The van der Waals surface area contributed by atoms with Crippen molar-refractivity contribution in [3.63, 3.8) is 0 Å². The van der Waals surface area contributed by atoms with Crippen LogP contribution < -0.4 is 20.7 Å². The van der Waals surface area contributed by atoms with E-state index in [1.165, 1.54) is 0 Å². The van der Waals surface area contributed by atoms with E-state index in [0.29, 0.717) is 11.3 Å². The zero-order valence-corrected chi connectivity index (χ0v) is 14.1. The monoisotopic (exact) mass is 326 g/mol. The van der Waals surface area contributed by atoms with Crippen LogP contribution in [0.3, 0.4) is 0 Å². The molecule has 4 N–H and O–H groups in total. The first-order valence-corrected chi connectivity index (χ1v) is 7.64. The van der Waals surface area contributed by atoms with Gasteiger partial charge >= 0.3 is 0 Å². The largest absolute Gasteiger partial charge is 0.489 e. The second-order valence-corrected chi connectivity index (χ2v) is 5.16. The molecule has 2 aromatic rings. The molecule has 0 saturated carbocycles. The lowest BCUT2D eigenvalue weighted by atomic mass is 10.0. The van der Waals surface area contributed by atoms with Crippen LogP contribution in [0.25, 0.3) is 0 Å². The molecule has 2 aromatic carbocycles. The zero-order valence-electron chi connectivity index (χ0n) is 14.1. The van der Waals surface area contributed by atoms with E-state index in [9.17, 15) is 5.11 Å². The molecule has 6 heteroatoms. The van der Waals surface area contributed by atoms with Gasteiger partial charge in [0, 0.05) is 38.8 Å². The number of benzene rings is 2. The first-order chi connectivity index (χ1) is 11.6. The van der Waals surface area contributed by atoms with Crippen molar-refractivity contribution in [3.05, 3.63) is 47.5 Å². The van der Waals surface area contributed by atoms with Crippen LogP contribution >= 0.6 is 0 Å². The standard InChI is InChI=1S/C18H22N4O2/c1-20-15-8-13(9-16(21-2)18(15)22-3)24-11-12-6-4-5-7-14(12)17(23)10-19/h4-9,17,20-23H,11H2,1-3H3/t17-/m0/s1. The molecule has 0 heterocycles. The number of ether oxygens (including phenoxy) is 1. The van der Waals surface area contributed by atoms with Crippen molar-refractivity contribution in [1.29, 1.82) is 5.26 Å². The van der Waals surface area contributed by atoms with Crippen molar-refractivity contribution in [3.8, 4) is 11.8 Å². The Balaban J connectivity index is 2.26. The smallest absolute Gasteiger partial charge is 0.166 e. The topological polar surface area (TPSA) is 89.3 Å². The summed E-state index contributed by atoms with van der Waals surface area (Å²) in [5.41, 5.74) is 4.11. The summed E-state index contributed by atoms with van der Waals surface area (Å²) < 4.78 is 5.88. The lowest BCUT2D eigenvalue weighted by Gasteiger charge is -2.17. The average Bonchev–Trinajstić information content (AvgIpc) is 2.64. The van der Waals surface area contributed by atoms with Gasteiger partial charge in [-0.25, -0.2) is 0 Å². The van der Waals surface area contributed by atoms with Gasteiger partial charge in [0.1, 0.15) is 12.4 Å². The van der Waals surface area contributed by atoms with E-state index in [-0.39, 0.29) is 6.61 Å². The fourth-order valence-corrected chi connectivity index (χ4v) is 2.53. The molecule has 0 bridgehead atoms. The summed E-state index contributed by atoms with van der Waals surface area (Å²) in [5, 5.41) is 28.1. The molecular weight excluding hydrogens is 304 g/mol. The number of rotatable bonds is 7. The fraction of sp³-hybridized carbons (Fsp3) is 0.278. The van der Waals surface area contributed by atoms with Crippen molar-refractivity contribution in [1.82, 2.24) is 0 Å². The number of nitrogens with one attached hydrogen (secondary N) is 3. The molecule has 2 rings (SSSR count). The molecular formula is C18H22N4O2. The number of hydrogen-bond acceptors (Lipinski definition) is 6. The summed E-state index contributed by atoms with van der Waals surface area (Å²) in [6, 6.07) is 12.9. The van der Waals surface area contributed by atoms with Crippen LogP contribution in [0.2, 0.25) is 0 Å². The molecule has 0 saturated heterocycles. The first-order valence-electron chi connectivity index (χ1n) is 7.64. The van der Waals surface area contributed by atoms with Crippen molar-refractivity contribution >= 4 is 17.1 Å².